The molecule has 0 atom stereocenters. The highest BCUT2D eigenvalue weighted by Crippen LogP contribution is 2.37. The van der Waals surface area contributed by atoms with Crippen molar-refractivity contribution < 1.29 is 23.8 Å². The van der Waals surface area contributed by atoms with Crippen LogP contribution in [0.2, 0.25) is 0 Å². The van der Waals surface area contributed by atoms with Crippen molar-refractivity contribution >= 4 is 29.8 Å². The van der Waals surface area contributed by atoms with Crippen LogP contribution >= 0.6 is 0 Å². The molecule has 1 aliphatic heterocycles. The summed E-state index contributed by atoms with van der Waals surface area (Å²) < 4.78 is 16.7. The molecule has 1 aromatic heterocycles. The zero-order chi connectivity index (χ0) is 28.8. The van der Waals surface area contributed by atoms with E-state index in [2.05, 4.69) is 34.0 Å². The predicted octanol–water partition coefficient (Wildman–Crippen LogP) is 6.75. The number of aliphatic imine (C=N–C) groups is 1. The van der Waals surface area contributed by atoms with Gasteiger partial charge in [-0.3, -0.25) is 0 Å². The van der Waals surface area contributed by atoms with E-state index in [1.54, 1.807) is 53.8 Å². The predicted molar refractivity (Wildman–Crippen MR) is 153 cm³/mol. The molecule has 2 amide bonds. The summed E-state index contributed by atoms with van der Waals surface area (Å²) in [5.74, 6) is 1.45. The summed E-state index contributed by atoms with van der Waals surface area (Å²) in [4.78, 5) is 35.1. The van der Waals surface area contributed by atoms with Crippen molar-refractivity contribution in [3.8, 4) is 5.75 Å². The van der Waals surface area contributed by atoms with Gasteiger partial charge >= 0.3 is 12.2 Å². The second-order valence-electron chi connectivity index (χ2n) is 11.1. The summed E-state index contributed by atoms with van der Waals surface area (Å²) in [5, 5.41) is 3.41. The summed E-state index contributed by atoms with van der Waals surface area (Å²) in [7, 11) is 0. The molecule has 0 aliphatic carbocycles. The molecule has 0 spiro atoms. The average molecular weight is 535 g/mol. The van der Waals surface area contributed by atoms with Crippen LogP contribution in [0.4, 0.5) is 15.4 Å². The van der Waals surface area contributed by atoms with Crippen LogP contribution in [0.5, 0.6) is 5.75 Å². The lowest BCUT2D eigenvalue weighted by molar-refractivity contribution is 0.00824. The minimum atomic E-state index is -0.923. The second-order valence-corrected chi connectivity index (χ2v) is 11.1. The molecule has 1 aliphatic rings. The molecule has 1 aromatic carbocycles. The molecule has 0 saturated heterocycles. The van der Waals surface area contributed by atoms with Gasteiger partial charge in [0.25, 0.3) is 0 Å². The number of hydrogen-bond acceptors (Lipinski definition) is 8. The van der Waals surface area contributed by atoms with Gasteiger partial charge in [-0.1, -0.05) is 36.9 Å². The lowest BCUT2D eigenvalue weighted by atomic mass is 10.0. The smallest absolute Gasteiger partial charge is 0.425 e. The number of ether oxygens (including phenoxy) is 3. The highest BCUT2D eigenvalue weighted by atomic mass is 16.6. The van der Waals surface area contributed by atoms with Crippen LogP contribution in [0.25, 0.3) is 5.57 Å². The van der Waals surface area contributed by atoms with Gasteiger partial charge in [0, 0.05) is 36.5 Å². The van der Waals surface area contributed by atoms with Crippen LogP contribution in [-0.4, -0.2) is 46.1 Å². The largest absolute Gasteiger partial charge is 0.492 e. The number of nitrogens with zero attached hydrogens (tertiary/aromatic N) is 3. The Morgan fingerprint density at radius 2 is 1.72 bits per heavy atom. The van der Waals surface area contributed by atoms with Crippen molar-refractivity contribution in [3.63, 3.8) is 0 Å². The molecule has 0 fully saturated rings. The summed E-state index contributed by atoms with van der Waals surface area (Å²) in [6.45, 7) is 17.1. The molecule has 0 bridgehead atoms. The van der Waals surface area contributed by atoms with E-state index in [9.17, 15) is 9.59 Å². The quantitative estimate of drug-likeness (QED) is 0.392. The Kier molecular flexibility index (Phi) is 9.16. The Bertz CT molecular complexity index is 1240. The van der Waals surface area contributed by atoms with Crippen LogP contribution in [0, 0.1) is 0 Å². The van der Waals surface area contributed by atoms with Crippen molar-refractivity contribution in [2.45, 2.75) is 72.6 Å². The number of benzene rings is 1. The minimum Gasteiger partial charge on any atom is -0.492 e. The first-order valence-corrected chi connectivity index (χ1v) is 12.8. The number of pyridine rings is 1. The molecule has 9 nitrogen and oxygen atoms in total. The maximum Gasteiger partial charge on any atom is 0.425 e. The molecule has 2 aromatic rings. The van der Waals surface area contributed by atoms with Crippen molar-refractivity contribution in [2.24, 2.45) is 4.99 Å². The van der Waals surface area contributed by atoms with Crippen LogP contribution in [0.15, 0.2) is 60.0 Å². The Hall–Kier alpha value is -4.14. The van der Waals surface area contributed by atoms with Gasteiger partial charge in [-0.15, -0.1) is 0 Å². The molecule has 0 unspecified atom stereocenters. The molecule has 0 saturated carbocycles. The van der Waals surface area contributed by atoms with Gasteiger partial charge in [0.1, 0.15) is 28.6 Å². The highest BCUT2D eigenvalue weighted by Gasteiger charge is 2.33. The molecule has 3 rings (SSSR count). The van der Waals surface area contributed by atoms with Crippen molar-refractivity contribution in [2.75, 3.05) is 11.9 Å². The third kappa shape index (κ3) is 8.43. The fourth-order valence-electron chi connectivity index (χ4n) is 3.69. The van der Waals surface area contributed by atoms with Crippen molar-refractivity contribution in [1.29, 1.82) is 0 Å². The Morgan fingerprint density at radius 1 is 1.10 bits per heavy atom. The number of imide groups is 1. The summed E-state index contributed by atoms with van der Waals surface area (Å²) in [6.07, 6.45) is 3.87. The maximum atomic E-state index is 12.8. The topological polar surface area (TPSA) is 102 Å². The number of hydrogen-bond donors (Lipinski definition) is 1. The van der Waals surface area contributed by atoms with Crippen LogP contribution in [0.3, 0.4) is 0 Å². The minimum absolute atomic E-state index is 0.136. The third-order valence-corrected chi connectivity index (χ3v) is 5.41. The SMILES string of the molecule is C=C(N=C/C=C(\C)c1cnc(NCc2ccccc2)c2c1OCC2)N(C(=O)OC(C)(C)C)C(=O)OC(C)(C)C. The van der Waals surface area contributed by atoms with E-state index in [1.165, 1.54) is 6.21 Å². The summed E-state index contributed by atoms with van der Waals surface area (Å²) in [6, 6.07) is 10.1. The van der Waals surface area contributed by atoms with Crippen molar-refractivity contribution in [3.05, 3.63) is 71.7 Å². The maximum absolute atomic E-state index is 12.8. The monoisotopic (exact) mass is 534 g/mol. The molecule has 0 radical (unpaired) electrons. The fraction of sp³-hybridized carbons (Fsp3) is 0.400. The standard InChI is InChI=1S/C30H38N4O5/c1-20(14-16-31-21(2)34(27(35)38-29(3,4)5)28(36)39-30(6,7)8)24-19-33-26(23-15-17-37-25(23)24)32-18-22-12-10-9-11-13-22/h9-14,16,19H,2,15,17-18H2,1,3-8H3,(H,32,33)/b20-14+,31-16?. The van der Waals surface area contributed by atoms with Gasteiger partial charge in [0.15, 0.2) is 0 Å². The molecular weight excluding hydrogens is 496 g/mol. The Labute approximate surface area is 230 Å². The van der Waals surface area contributed by atoms with Gasteiger partial charge in [-0.05, 0) is 65.7 Å². The molecule has 39 heavy (non-hydrogen) atoms. The summed E-state index contributed by atoms with van der Waals surface area (Å²) in [5.41, 5.74) is 2.21. The molecule has 2 heterocycles. The average Bonchev–Trinajstić information content (AvgIpc) is 3.31. The number of allylic oxidation sites excluding steroid dienone is 2. The number of aromatic nitrogens is 1. The van der Waals surface area contributed by atoms with Gasteiger partial charge in [-0.2, -0.15) is 4.90 Å². The number of amides is 2. The zero-order valence-corrected chi connectivity index (χ0v) is 23.8. The van der Waals surface area contributed by atoms with Gasteiger partial charge in [-0.25, -0.2) is 19.6 Å². The summed E-state index contributed by atoms with van der Waals surface area (Å²) >= 11 is 0. The first-order chi connectivity index (χ1) is 18.2. The second kappa shape index (κ2) is 12.1. The molecule has 9 heteroatoms. The van der Waals surface area contributed by atoms with Gasteiger partial charge in [0.2, 0.25) is 0 Å². The number of nitrogens with one attached hydrogen (secondary N) is 1. The highest BCUT2D eigenvalue weighted by molar-refractivity contribution is 5.92. The first kappa shape index (κ1) is 29.4. The van der Waals surface area contributed by atoms with E-state index in [4.69, 9.17) is 14.2 Å². The van der Waals surface area contributed by atoms with Gasteiger partial charge in [0.05, 0.1) is 6.61 Å². The van der Waals surface area contributed by atoms with Crippen LogP contribution in [0.1, 0.15) is 65.2 Å². The first-order valence-electron chi connectivity index (χ1n) is 12.8. The lowest BCUT2D eigenvalue weighted by Crippen LogP contribution is -2.42. The van der Waals surface area contributed by atoms with E-state index < -0.39 is 23.4 Å². The lowest BCUT2D eigenvalue weighted by Gasteiger charge is -2.28. The normalized spacial score (nSPS) is 13.5. The number of anilines is 1. The van der Waals surface area contributed by atoms with E-state index in [0.29, 0.717) is 18.1 Å². The van der Waals surface area contributed by atoms with Crippen LogP contribution < -0.4 is 10.1 Å². The van der Waals surface area contributed by atoms with E-state index in [0.717, 1.165) is 40.3 Å². The van der Waals surface area contributed by atoms with E-state index >= 15 is 0 Å². The van der Waals surface area contributed by atoms with Crippen molar-refractivity contribution in [1.82, 2.24) is 9.88 Å². The number of carbonyl (C=O) groups excluding carboxylic acids is 2. The number of rotatable bonds is 7. The number of carbonyl (C=O) groups is 2. The zero-order valence-electron chi connectivity index (χ0n) is 23.8. The van der Waals surface area contributed by atoms with E-state index in [1.807, 2.05) is 25.1 Å². The Morgan fingerprint density at radius 3 is 2.31 bits per heavy atom. The molecular formula is C30H38N4O5. The third-order valence-electron chi connectivity index (χ3n) is 5.41. The Balaban J connectivity index is 1.78. The van der Waals surface area contributed by atoms with Gasteiger partial charge < -0.3 is 19.5 Å². The molecule has 208 valence electrons. The van der Waals surface area contributed by atoms with E-state index in [-0.39, 0.29) is 5.82 Å². The van der Waals surface area contributed by atoms with Crippen LogP contribution in [-0.2, 0) is 22.4 Å². The molecule has 1 N–H and O–H groups in total. The fourth-order valence-corrected chi connectivity index (χ4v) is 3.69. The number of fused-ring (bicyclic) bond motifs is 1.